The smallest absolute Gasteiger partial charge is 0.0223 e. The molecule has 3 heteroatoms. The van der Waals surface area contributed by atoms with Gasteiger partial charge in [0.25, 0.3) is 0 Å². The molecule has 0 radical (unpaired) electrons. The van der Waals surface area contributed by atoms with Crippen molar-refractivity contribution in [3.8, 4) is 0 Å². The van der Waals surface area contributed by atoms with E-state index in [0.29, 0.717) is 0 Å². The number of likely N-dealkylation sites (tertiary alicyclic amines) is 1. The number of nitrogens with zero attached hydrogens (tertiary/aromatic N) is 2. The average molecular weight is 239 g/mol. The zero-order chi connectivity index (χ0) is 12.3. The summed E-state index contributed by atoms with van der Waals surface area (Å²) in [4.78, 5) is 5.21. The summed E-state index contributed by atoms with van der Waals surface area (Å²) in [6.45, 7) is 12.2. The molecule has 3 atom stereocenters. The molecule has 0 aromatic carbocycles. The molecule has 17 heavy (non-hydrogen) atoms. The predicted molar refractivity (Wildman–Crippen MR) is 73.3 cm³/mol. The molecule has 2 aliphatic heterocycles. The summed E-state index contributed by atoms with van der Waals surface area (Å²) in [7, 11) is 2.30. The highest BCUT2D eigenvalue weighted by atomic mass is 15.2. The summed E-state index contributed by atoms with van der Waals surface area (Å²) < 4.78 is 0. The van der Waals surface area contributed by atoms with Crippen LogP contribution in [0.3, 0.4) is 0 Å². The Morgan fingerprint density at radius 2 is 2.12 bits per heavy atom. The van der Waals surface area contributed by atoms with Crippen molar-refractivity contribution in [3.05, 3.63) is 0 Å². The Morgan fingerprint density at radius 3 is 2.76 bits per heavy atom. The van der Waals surface area contributed by atoms with Gasteiger partial charge in [0, 0.05) is 19.1 Å². The number of hydrogen-bond donors (Lipinski definition) is 1. The molecule has 3 unspecified atom stereocenters. The molecule has 2 heterocycles. The fraction of sp³-hybridized carbons (Fsp3) is 1.00. The molecular formula is C14H29N3. The molecule has 0 bridgehead atoms. The molecular weight excluding hydrogens is 210 g/mol. The normalized spacial score (nSPS) is 34.9. The highest BCUT2D eigenvalue weighted by Crippen LogP contribution is 2.20. The van der Waals surface area contributed by atoms with Crippen LogP contribution in [0.15, 0.2) is 0 Å². The van der Waals surface area contributed by atoms with Gasteiger partial charge in [0.15, 0.2) is 0 Å². The fourth-order valence-electron chi connectivity index (χ4n) is 3.46. The summed E-state index contributed by atoms with van der Waals surface area (Å²) >= 11 is 0. The third-order valence-corrected chi connectivity index (χ3v) is 4.65. The molecule has 0 aliphatic carbocycles. The van der Waals surface area contributed by atoms with Crippen molar-refractivity contribution in [3.63, 3.8) is 0 Å². The van der Waals surface area contributed by atoms with Crippen LogP contribution in [-0.2, 0) is 0 Å². The Kier molecular flexibility index (Phi) is 4.83. The molecule has 2 aliphatic rings. The topological polar surface area (TPSA) is 18.5 Å². The quantitative estimate of drug-likeness (QED) is 0.779. The van der Waals surface area contributed by atoms with Gasteiger partial charge < -0.3 is 10.2 Å². The van der Waals surface area contributed by atoms with Crippen LogP contribution in [0.2, 0.25) is 0 Å². The molecule has 3 nitrogen and oxygen atoms in total. The second kappa shape index (κ2) is 6.17. The van der Waals surface area contributed by atoms with Gasteiger partial charge in [0.1, 0.15) is 0 Å². The monoisotopic (exact) mass is 239 g/mol. The van der Waals surface area contributed by atoms with E-state index < -0.39 is 0 Å². The zero-order valence-corrected chi connectivity index (χ0v) is 11.8. The van der Waals surface area contributed by atoms with Crippen LogP contribution < -0.4 is 5.32 Å². The maximum absolute atomic E-state index is 3.50. The van der Waals surface area contributed by atoms with Crippen LogP contribution in [-0.4, -0.2) is 62.2 Å². The Hall–Kier alpha value is -0.120. The summed E-state index contributed by atoms with van der Waals surface area (Å²) in [5.41, 5.74) is 0. The van der Waals surface area contributed by atoms with Gasteiger partial charge >= 0.3 is 0 Å². The zero-order valence-electron chi connectivity index (χ0n) is 11.8. The average Bonchev–Trinajstić information content (AvgIpc) is 2.89. The Labute approximate surface area is 107 Å². The van der Waals surface area contributed by atoms with Gasteiger partial charge in [-0.15, -0.1) is 0 Å². The van der Waals surface area contributed by atoms with Crippen LogP contribution in [0.25, 0.3) is 0 Å². The second-order valence-corrected chi connectivity index (χ2v) is 6.04. The highest BCUT2D eigenvalue weighted by Gasteiger charge is 2.27. The van der Waals surface area contributed by atoms with Crippen LogP contribution in [0.4, 0.5) is 0 Å². The minimum absolute atomic E-state index is 0.815. The lowest BCUT2D eigenvalue weighted by Crippen LogP contribution is -2.41. The fourth-order valence-corrected chi connectivity index (χ4v) is 3.46. The van der Waals surface area contributed by atoms with Crippen LogP contribution in [0, 0.1) is 11.8 Å². The first-order chi connectivity index (χ1) is 8.20. The Morgan fingerprint density at radius 1 is 1.29 bits per heavy atom. The van der Waals surface area contributed by atoms with Gasteiger partial charge in [0.2, 0.25) is 0 Å². The molecule has 0 aromatic rings. The minimum Gasteiger partial charge on any atom is -0.316 e. The lowest BCUT2D eigenvalue weighted by molar-refractivity contribution is 0.178. The van der Waals surface area contributed by atoms with Gasteiger partial charge in [-0.25, -0.2) is 0 Å². The number of nitrogens with one attached hydrogen (secondary N) is 1. The van der Waals surface area contributed by atoms with Gasteiger partial charge in [-0.1, -0.05) is 13.8 Å². The maximum atomic E-state index is 3.50. The van der Waals surface area contributed by atoms with Crippen molar-refractivity contribution < 1.29 is 0 Å². The van der Waals surface area contributed by atoms with Gasteiger partial charge in [-0.3, -0.25) is 4.90 Å². The number of rotatable bonds is 5. The molecule has 2 fully saturated rings. The van der Waals surface area contributed by atoms with E-state index >= 15 is 0 Å². The first-order valence-corrected chi connectivity index (χ1v) is 7.34. The van der Waals surface area contributed by atoms with Crippen LogP contribution in [0.1, 0.15) is 26.7 Å². The SMILES string of the molecule is CCN1CCCC1CN(C)CC1CNCC1C. The van der Waals surface area contributed by atoms with Gasteiger partial charge in [-0.2, -0.15) is 0 Å². The molecule has 2 saturated heterocycles. The number of likely N-dealkylation sites (N-methyl/N-ethyl adjacent to an activating group) is 2. The van der Waals surface area contributed by atoms with Crippen LogP contribution >= 0.6 is 0 Å². The van der Waals surface area contributed by atoms with E-state index in [2.05, 4.69) is 36.0 Å². The molecule has 0 amide bonds. The van der Waals surface area contributed by atoms with E-state index in [9.17, 15) is 0 Å². The molecule has 0 saturated carbocycles. The van der Waals surface area contributed by atoms with E-state index in [4.69, 9.17) is 0 Å². The number of hydrogen-bond acceptors (Lipinski definition) is 3. The summed E-state index contributed by atoms with van der Waals surface area (Å²) in [5, 5.41) is 3.50. The third-order valence-electron chi connectivity index (χ3n) is 4.65. The molecule has 2 rings (SSSR count). The second-order valence-electron chi connectivity index (χ2n) is 6.04. The van der Waals surface area contributed by atoms with Gasteiger partial charge in [0.05, 0.1) is 0 Å². The van der Waals surface area contributed by atoms with Crippen LogP contribution in [0.5, 0.6) is 0 Å². The molecule has 0 aromatic heterocycles. The molecule has 1 N–H and O–H groups in total. The van der Waals surface area contributed by atoms with E-state index in [1.54, 1.807) is 0 Å². The Balaban J connectivity index is 1.74. The van der Waals surface area contributed by atoms with Crippen molar-refractivity contribution in [2.24, 2.45) is 11.8 Å². The van der Waals surface area contributed by atoms with Crippen molar-refractivity contribution in [2.75, 3.05) is 46.3 Å². The first-order valence-electron chi connectivity index (χ1n) is 7.34. The lowest BCUT2D eigenvalue weighted by Gasteiger charge is -2.29. The standard InChI is InChI=1S/C14H29N3/c1-4-17-7-5-6-14(17)11-16(3)10-13-9-15-8-12(13)2/h12-15H,4-11H2,1-3H3. The van der Waals surface area contributed by atoms with Crippen molar-refractivity contribution >= 4 is 0 Å². The largest absolute Gasteiger partial charge is 0.316 e. The third kappa shape index (κ3) is 3.43. The maximum Gasteiger partial charge on any atom is 0.0223 e. The van der Waals surface area contributed by atoms with Gasteiger partial charge in [-0.05, 0) is 57.9 Å². The predicted octanol–water partition coefficient (Wildman–Crippen LogP) is 1.26. The van der Waals surface area contributed by atoms with Crippen molar-refractivity contribution in [1.29, 1.82) is 0 Å². The summed E-state index contributed by atoms with van der Waals surface area (Å²) in [5.74, 6) is 1.71. The summed E-state index contributed by atoms with van der Waals surface area (Å²) in [6, 6.07) is 0.815. The van der Waals surface area contributed by atoms with E-state index in [0.717, 1.165) is 17.9 Å². The van der Waals surface area contributed by atoms with E-state index in [1.165, 1.54) is 52.1 Å². The van der Waals surface area contributed by atoms with E-state index in [1.807, 2.05) is 0 Å². The Bertz CT molecular complexity index is 232. The van der Waals surface area contributed by atoms with Crippen molar-refractivity contribution in [2.45, 2.75) is 32.7 Å². The van der Waals surface area contributed by atoms with E-state index in [-0.39, 0.29) is 0 Å². The summed E-state index contributed by atoms with van der Waals surface area (Å²) in [6.07, 6.45) is 2.80. The first kappa shape index (κ1) is 13.3. The highest BCUT2D eigenvalue weighted by molar-refractivity contribution is 4.84. The molecule has 0 spiro atoms. The lowest BCUT2D eigenvalue weighted by atomic mass is 9.97. The van der Waals surface area contributed by atoms with Crippen molar-refractivity contribution in [1.82, 2.24) is 15.1 Å². The minimum atomic E-state index is 0.815. The molecule has 100 valence electrons.